The Balaban J connectivity index is 2.53. The first-order chi connectivity index (χ1) is 7.31. The average molecular weight is 218 g/mol. The molecule has 0 aliphatic heterocycles. The Morgan fingerprint density at radius 2 is 1.60 bits per heavy atom. The van der Waals surface area contributed by atoms with Crippen molar-refractivity contribution < 1.29 is 8.96 Å². The SMILES string of the molecule is O=Pc1ccccc1-c1ccc(F)cc1. The summed E-state index contributed by atoms with van der Waals surface area (Å²) in [5, 5.41) is 0.712. The van der Waals surface area contributed by atoms with Crippen molar-refractivity contribution in [3.8, 4) is 11.1 Å². The van der Waals surface area contributed by atoms with Crippen LogP contribution in [-0.2, 0) is 4.57 Å². The van der Waals surface area contributed by atoms with E-state index in [4.69, 9.17) is 0 Å². The molecule has 2 aromatic carbocycles. The molecular weight excluding hydrogens is 210 g/mol. The van der Waals surface area contributed by atoms with Crippen LogP contribution in [0.5, 0.6) is 0 Å². The van der Waals surface area contributed by atoms with E-state index >= 15 is 0 Å². The van der Waals surface area contributed by atoms with E-state index in [9.17, 15) is 8.96 Å². The van der Waals surface area contributed by atoms with Crippen LogP contribution < -0.4 is 5.30 Å². The molecule has 3 heteroatoms. The maximum absolute atomic E-state index is 12.7. The smallest absolute Gasteiger partial charge is 0.192 e. The van der Waals surface area contributed by atoms with Crippen molar-refractivity contribution >= 4 is 13.8 Å². The van der Waals surface area contributed by atoms with Crippen LogP contribution in [0.15, 0.2) is 48.5 Å². The predicted molar refractivity (Wildman–Crippen MR) is 59.1 cm³/mol. The monoisotopic (exact) mass is 218 g/mol. The van der Waals surface area contributed by atoms with E-state index in [1.54, 1.807) is 18.2 Å². The van der Waals surface area contributed by atoms with E-state index in [-0.39, 0.29) is 14.3 Å². The summed E-state index contributed by atoms with van der Waals surface area (Å²) in [7, 11) is -0.0207. The molecule has 74 valence electrons. The summed E-state index contributed by atoms with van der Waals surface area (Å²) in [6.07, 6.45) is 0. The van der Waals surface area contributed by atoms with Gasteiger partial charge >= 0.3 is 0 Å². The van der Waals surface area contributed by atoms with Gasteiger partial charge < -0.3 is 0 Å². The van der Waals surface area contributed by atoms with Crippen LogP contribution in [0.1, 0.15) is 0 Å². The van der Waals surface area contributed by atoms with Crippen molar-refractivity contribution in [2.45, 2.75) is 0 Å². The second-order valence-electron chi connectivity index (χ2n) is 3.12. The van der Waals surface area contributed by atoms with E-state index in [0.717, 1.165) is 11.1 Å². The number of hydrogen-bond acceptors (Lipinski definition) is 1. The standard InChI is InChI=1S/C12H8FOP/c13-10-7-5-9(6-8-10)11-3-1-2-4-12(11)15-14/h1-8H. The molecule has 0 aliphatic carbocycles. The highest BCUT2D eigenvalue weighted by atomic mass is 31.1. The lowest BCUT2D eigenvalue weighted by Gasteiger charge is -2.03. The zero-order valence-corrected chi connectivity index (χ0v) is 8.75. The average Bonchev–Trinajstić information content (AvgIpc) is 2.30. The predicted octanol–water partition coefficient (Wildman–Crippen LogP) is 3.41. The molecule has 0 aromatic heterocycles. The van der Waals surface area contributed by atoms with Crippen LogP contribution in [0.3, 0.4) is 0 Å². The number of benzene rings is 2. The summed E-state index contributed by atoms with van der Waals surface area (Å²) in [6, 6.07) is 13.5. The summed E-state index contributed by atoms with van der Waals surface area (Å²) < 4.78 is 23.6. The second kappa shape index (κ2) is 4.33. The minimum atomic E-state index is -0.268. The fraction of sp³-hybridized carbons (Fsp3) is 0. The van der Waals surface area contributed by atoms with Crippen LogP contribution >= 0.6 is 8.46 Å². The lowest BCUT2D eigenvalue weighted by molar-refractivity contribution is 0.603. The molecule has 2 rings (SSSR count). The quantitative estimate of drug-likeness (QED) is 0.706. The molecule has 0 atom stereocenters. The largest absolute Gasteiger partial charge is 0.269 e. The molecule has 0 amide bonds. The fourth-order valence-electron chi connectivity index (χ4n) is 1.43. The Kier molecular flexibility index (Phi) is 2.89. The molecule has 0 spiro atoms. The van der Waals surface area contributed by atoms with Gasteiger partial charge in [0.1, 0.15) is 5.82 Å². The van der Waals surface area contributed by atoms with E-state index in [1.807, 2.05) is 18.2 Å². The van der Waals surface area contributed by atoms with Crippen LogP contribution in [-0.4, -0.2) is 0 Å². The van der Waals surface area contributed by atoms with Gasteiger partial charge in [0.05, 0.1) is 5.30 Å². The van der Waals surface area contributed by atoms with Crippen molar-refractivity contribution in [3.05, 3.63) is 54.3 Å². The van der Waals surface area contributed by atoms with Crippen molar-refractivity contribution in [3.63, 3.8) is 0 Å². The summed E-state index contributed by atoms with van der Waals surface area (Å²) in [6.45, 7) is 0. The van der Waals surface area contributed by atoms with Gasteiger partial charge in [0.2, 0.25) is 0 Å². The van der Waals surface area contributed by atoms with Gasteiger partial charge in [0.15, 0.2) is 8.46 Å². The Morgan fingerprint density at radius 3 is 2.27 bits per heavy atom. The molecule has 0 fully saturated rings. The van der Waals surface area contributed by atoms with Gasteiger partial charge in [-0.25, -0.2) is 4.39 Å². The molecule has 15 heavy (non-hydrogen) atoms. The van der Waals surface area contributed by atoms with Gasteiger partial charge in [-0.3, -0.25) is 4.57 Å². The molecule has 0 saturated carbocycles. The first kappa shape index (κ1) is 10.0. The second-order valence-corrected chi connectivity index (χ2v) is 3.78. The number of rotatable bonds is 2. The van der Waals surface area contributed by atoms with Gasteiger partial charge in [-0.15, -0.1) is 0 Å². The topological polar surface area (TPSA) is 17.1 Å². The third-order valence-corrected chi connectivity index (χ3v) is 2.74. The van der Waals surface area contributed by atoms with E-state index in [1.165, 1.54) is 12.1 Å². The normalized spacial score (nSPS) is 10.5. The molecule has 0 bridgehead atoms. The van der Waals surface area contributed by atoms with Crippen LogP contribution in [0.4, 0.5) is 4.39 Å². The van der Waals surface area contributed by atoms with Gasteiger partial charge in [-0.1, -0.05) is 30.3 Å². The molecule has 0 N–H and O–H groups in total. The molecule has 0 heterocycles. The summed E-state index contributed by atoms with van der Waals surface area (Å²) >= 11 is 0. The minimum absolute atomic E-state index is 0.0207. The Hall–Kier alpha value is -1.53. The fourth-order valence-corrected chi connectivity index (χ4v) is 1.88. The maximum Gasteiger partial charge on any atom is 0.192 e. The Bertz CT molecular complexity index is 479. The highest BCUT2D eigenvalue weighted by molar-refractivity contribution is 7.34. The van der Waals surface area contributed by atoms with Crippen LogP contribution in [0.2, 0.25) is 0 Å². The Morgan fingerprint density at radius 1 is 0.933 bits per heavy atom. The van der Waals surface area contributed by atoms with Crippen LogP contribution in [0, 0.1) is 5.82 Å². The number of hydrogen-bond donors (Lipinski definition) is 0. The summed E-state index contributed by atoms with van der Waals surface area (Å²) in [4.78, 5) is 0. The zero-order chi connectivity index (χ0) is 10.7. The van der Waals surface area contributed by atoms with E-state index in [0.29, 0.717) is 5.30 Å². The van der Waals surface area contributed by atoms with Crippen molar-refractivity contribution in [1.29, 1.82) is 0 Å². The minimum Gasteiger partial charge on any atom is -0.269 e. The van der Waals surface area contributed by atoms with Crippen LogP contribution in [0.25, 0.3) is 11.1 Å². The molecular formula is C12H8FOP. The van der Waals surface area contributed by atoms with Gasteiger partial charge in [0, 0.05) is 0 Å². The zero-order valence-electron chi connectivity index (χ0n) is 7.85. The van der Waals surface area contributed by atoms with Gasteiger partial charge in [-0.2, -0.15) is 0 Å². The molecule has 0 aliphatic rings. The first-order valence-electron chi connectivity index (χ1n) is 4.49. The van der Waals surface area contributed by atoms with E-state index in [2.05, 4.69) is 0 Å². The van der Waals surface area contributed by atoms with Gasteiger partial charge in [0.25, 0.3) is 0 Å². The molecule has 0 unspecified atom stereocenters. The number of halogens is 1. The first-order valence-corrected chi connectivity index (χ1v) is 5.31. The van der Waals surface area contributed by atoms with Crippen molar-refractivity contribution in [2.24, 2.45) is 0 Å². The highest BCUT2D eigenvalue weighted by Gasteiger charge is 2.03. The van der Waals surface area contributed by atoms with Gasteiger partial charge in [-0.05, 0) is 29.3 Å². The Labute approximate surface area is 88.8 Å². The lowest BCUT2D eigenvalue weighted by atomic mass is 10.1. The summed E-state index contributed by atoms with van der Waals surface area (Å²) in [5.74, 6) is -0.268. The van der Waals surface area contributed by atoms with Crippen molar-refractivity contribution in [2.75, 3.05) is 0 Å². The molecule has 1 nitrogen and oxygen atoms in total. The lowest BCUT2D eigenvalue weighted by Crippen LogP contribution is -1.96. The van der Waals surface area contributed by atoms with Crippen molar-refractivity contribution in [1.82, 2.24) is 0 Å². The molecule has 0 radical (unpaired) electrons. The molecule has 0 saturated heterocycles. The molecule has 2 aromatic rings. The maximum atomic E-state index is 12.7. The van der Waals surface area contributed by atoms with E-state index < -0.39 is 0 Å². The third kappa shape index (κ3) is 2.11. The highest BCUT2D eigenvalue weighted by Crippen LogP contribution is 2.20. The third-order valence-electron chi connectivity index (χ3n) is 2.16. The summed E-state index contributed by atoms with van der Waals surface area (Å²) in [5.41, 5.74) is 1.74.